The zero-order valence-corrected chi connectivity index (χ0v) is 23.3. The second-order valence-electron chi connectivity index (χ2n) is 10.3. The summed E-state index contributed by atoms with van der Waals surface area (Å²) in [5.74, 6) is -2.73. The molecule has 3 heterocycles. The van der Waals surface area contributed by atoms with Crippen LogP contribution in [0.2, 0.25) is 0 Å². The van der Waals surface area contributed by atoms with Crippen LogP contribution in [0.25, 0.3) is 10.9 Å². The number of hydrogen-bond acceptors (Lipinski definition) is 6. The first kappa shape index (κ1) is 27.3. The van der Waals surface area contributed by atoms with Gasteiger partial charge in [0.2, 0.25) is 5.82 Å². The van der Waals surface area contributed by atoms with Crippen molar-refractivity contribution in [1.29, 1.82) is 0 Å². The molecule has 3 N–H and O–H groups in total. The lowest BCUT2D eigenvalue weighted by Crippen LogP contribution is -2.40. The third-order valence-electron chi connectivity index (χ3n) is 7.84. The summed E-state index contributed by atoms with van der Waals surface area (Å²) in [4.78, 5) is 14.1. The summed E-state index contributed by atoms with van der Waals surface area (Å²) in [6, 6.07) is 11.8. The van der Waals surface area contributed by atoms with Gasteiger partial charge in [-0.1, -0.05) is 18.2 Å². The number of aromatic amines is 1. The summed E-state index contributed by atoms with van der Waals surface area (Å²) in [5, 5.41) is 7.10. The standard InChI is InChI=1S/C31H28F3N3O3S/c1-31(16-39-15-21-17(6-4-12-38)5-3-7-22(21)31)24-14-36-30(37-24)20-13-18(8-9-23(20)32)40-28-26(34)25(33)27-19(10-11-35-27)29(28)41-2/h3,5,7-14,30,35-37H,4,6,15-16H2,1-2H3. The molecular formula is C31H28F3N3O3S. The Bertz CT molecular complexity index is 1690. The summed E-state index contributed by atoms with van der Waals surface area (Å²) in [7, 11) is 0. The number of carbonyl (C=O) groups excluding carboxylic acids is 1. The number of thioether (sulfide) groups is 1. The second kappa shape index (κ2) is 10.8. The van der Waals surface area contributed by atoms with E-state index in [4.69, 9.17) is 9.47 Å². The topological polar surface area (TPSA) is 75.4 Å². The zero-order chi connectivity index (χ0) is 28.7. The molecule has 6 rings (SSSR count). The second-order valence-corrected chi connectivity index (χ2v) is 11.1. The van der Waals surface area contributed by atoms with Crippen LogP contribution in [0.1, 0.15) is 41.8 Å². The summed E-state index contributed by atoms with van der Waals surface area (Å²) in [6.45, 7) is 2.94. The predicted octanol–water partition coefficient (Wildman–Crippen LogP) is 6.75. The molecule has 2 atom stereocenters. The molecule has 2 aliphatic rings. The molecule has 0 saturated carbocycles. The van der Waals surface area contributed by atoms with E-state index in [9.17, 15) is 9.18 Å². The monoisotopic (exact) mass is 579 g/mol. The zero-order valence-electron chi connectivity index (χ0n) is 22.4. The lowest BCUT2D eigenvalue weighted by molar-refractivity contribution is -0.107. The lowest BCUT2D eigenvalue weighted by atomic mass is 9.75. The van der Waals surface area contributed by atoms with Crippen LogP contribution in [-0.2, 0) is 28.0 Å². The third-order valence-corrected chi connectivity index (χ3v) is 8.65. The van der Waals surface area contributed by atoms with Crippen molar-refractivity contribution < 1.29 is 27.4 Å². The third kappa shape index (κ3) is 4.64. The molecule has 212 valence electrons. The number of aromatic nitrogens is 1. The Hall–Kier alpha value is -3.89. The number of fused-ring (bicyclic) bond motifs is 2. The Balaban J connectivity index is 1.28. The fourth-order valence-corrected chi connectivity index (χ4v) is 6.42. The predicted molar refractivity (Wildman–Crippen MR) is 151 cm³/mol. The SMILES string of the molecule is CSc1c(Oc2ccc(F)c(C3NC=C(C4(C)COCc5c(CCC=O)cccc54)N3)c2)c(F)c(F)c2[nH]ccc12. The van der Waals surface area contributed by atoms with Gasteiger partial charge in [0.05, 0.1) is 29.0 Å². The van der Waals surface area contributed by atoms with Crippen LogP contribution in [0.3, 0.4) is 0 Å². The fourth-order valence-electron chi connectivity index (χ4n) is 5.71. The molecule has 1 aromatic heterocycles. The van der Waals surface area contributed by atoms with Gasteiger partial charge >= 0.3 is 0 Å². The van der Waals surface area contributed by atoms with Crippen molar-refractivity contribution in [2.45, 2.75) is 42.8 Å². The van der Waals surface area contributed by atoms with Gasteiger partial charge in [0, 0.05) is 35.5 Å². The summed E-state index contributed by atoms with van der Waals surface area (Å²) in [6.07, 6.45) is 6.45. The average Bonchev–Trinajstić information content (AvgIpc) is 3.67. The van der Waals surface area contributed by atoms with Gasteiger partial charge in [0.25, 0.3) is 0 Å². The van der Waals surface area contributed by atoms with E-state index in [1.165, 1.54) is 36.2 Å². The molecule has 0 saturated heterocycles. The van der Waals surface area contributed by atoms with Crippen molar-refractivity contribution in [2.24, 2.45) is 0 Å². The minimum atomic E-state index is -1.12. The van der Waals surface area contributed by atoms with Crippen molar-refractivity contribution in [3.05, 3.63) is 100 Å². The molecule has 2 unspecified atom stereocenters. The van der Waals surface area contributed by atoms with E-state index in [0.29, 0.717) is 36.3 Å². The van der Waals surface area contributed by atoms with Crippen LogP contribution in [0.4, 0.5) is 13.2 Å². The van der Waals surface area contributed by atoms with Crippen molar-refractivity contribution in [3.8, 4) is 11.5 Å². The highest BCUT2D eigenvalue weighted by atomic mass is 32.2. The maximum absolute atomic E-state index is 15.1. The van der Waals surface area contributed by atoms with Crippen LogP contribution < -0.4 is 15.4 Å². The van der Waals surface area contributed by atoms with Gasteiger partial charge in [-0.15, -0.1) is 11.8 Å². The normalized spacial score (nSPS) is 19.8. The number of nitrogens with one attached hydrogen (secondary N) is 3. The molecule has 10 heteroatoms. The molecular weight excluding hydrogens is 551 g/mol. The van der Waals surface area contributed by atoms with Crippen molar-refractivity contribution >= 4 is 29.0 Å². The highest BCUT2D eigenvalue weighted by Crippen LogP contribution is 2.43. The Morgan fingerprint density at radius 2 is 2.02 bits per heavy atom. The highest BCUT2D eigenvalue weighted by molar-refractivity contribution is 7.99. The van der Waals surface area contributed by atoms with Gasteiger partial charge in [-0.2, -0.15) is 4.39 Å². The number of aldehydes is 1. The minimum Gasteiger partial charge on any atom is -0.453 e. The minimum absolute atomic E-state index is 0.0644. The molecule has 0 amide bonds. The van der Waals surface area contributed by atoms with Gasteiger partial charge in [0.15, 0.2) is 11.6 Å². The molecule has 4 aromatic rings. The molecule has 6 nitrogen and oxygen atoms in total. The number of benzene rings is 3. The Labute approximate surface area is 239 Å². The quantitative estimate of drug-likeness (QED) is 0.158. The van der Waals surface area contributed by atoms with Crippen molar-refractivity contribution in [3.63, 3.8) is 0 Å². The number of rotatable bonds is 8. The maximum atomic E-state index is 15.1. The number of halogens is 3. The van der Waals surface area contributed by atoms with Gasteiger partial charge in [-0.25, -0.2) is 8.78 Å². The van der Waals surface area contributed by atoms with Crippen molar-refractivity contribution in [1.82, 2.24) is 15.6 Å². The smallest absolute Gasteiger partial charge is 0.204 e. The number of hydrogen-bond donors (Lipinski definition) is 3. The highest BCUT2D eigenvalue weighted by Gasteiger charge is 2.40. The summed E-state index contributed by atoms with van der Waals surface area (Å²) in [5.41, 5.74) is 3.82. The number of ether oxygens (including phenoxy) is 2. The Morgan fingerprint density at radius 3 is 2.83 bits per heavy atom. The first-order valence-corrected chi connectivity index (χ1v) is 14.4. The van der Waals surface area contributed by atoms with E-state index in [1.807, 2.05) is 18.3 Å². The summed E-state index contributed by atoms with van der Waals surface area (Å²) >= 11 is 1.23. The molecule has 0 bridgehead atoms. The van der Waals surface area contributed by atoms with Crippen molar-refractivity contribution in [2.75, 3.05) is 12.9 Å². The van der Waals surface area contributed by atoms with E-state index in [1.54, 1.807) is 12.3 Å². The van der Waals surface area contributed by atoms with E-state index < -0.39 is 29.0 Å². The van der Waals surface area contributed by atoms with Gasteiger partial charge in [-0.05, 0) is 60.6 Å². The van der Waals surface area contributed by atoms with Gasteiger partial charge < -0.3 is 29.9 Å². The molecule has 2 aliphatic heterocycles. The molecule has 0 spiro atoms. The van der Waals surface area contributed by atoms with Crippen LogP contribution in [-0.4, -0.2) is 24.1 Å². The average molecular weight is 580 g/mol. The first-order chi connectivity index (χ1) is 19.9. The van der Waals surface area contributed by atoms with Crippen LogP contribution in [0.15, 0.2) is 65.5 Å². The largest absolute Gasteiger partial charge is 0.453 e. The molecule has 0 radical (unpaired) electrons. The molecule has 0 fully saturated rings. The number of aryl methyl sites for hydroxylation is 1. The number of H-pyrrole nitrogens is 1. The van der Waals surface area contributed by atoms with Crippen LogP contribution in [0, 0.1) is 17.5 Å². The Morgan fingerprint density at radius 1 is 1.17 bits per heavy atom. The Kier molecular flexibility index (Phi) is 7.21. The maximum Gasteiger partial charge on any atom is 0.204 e. The number of carbonyl (C=O) groups is 1. The van der Waals surface area contributed by atoms with Gasteiger partial charge in [-0.3, -0.25) is 0 Å². The van der Waals surface area contributed by atoms with E-state index in [0.717, 1.165) is 28.7 Å². The fraction of sp³-hybridized carbons (Fsp3) is 0.258. The van der Waals surface area contributed by atoms with Crippen LogP contribution in [0.5, 0.6) is 11.5 Å². The lowest BCUT2D eigenvalue weighted by Gasteiger charge is -2.38. The molecule has 0 aliphatic carbocycles. The van der Waals surface area contributed by atoms with Crippen LogP contribution >= 0.6 is 11.8 Å². The summed E-state index contributed by atoms with van der Waals surface area (Å²) < 4.78 is 56.8. The molecule has 3 aromatic carbocycles. The van der Waals surface area contributed by atoms with Gasteiger partial charge in [0.1, 0.15) is 24.0 Å². The van der Waals surface area contributed by atoms with E-state index >= 15 is 8.78 Å². The van der Waals surface area contributed by atoms with E-state index in [-0.39, 0.29) is 22.6 Å². The molecule has 41 heavy (non-hydrogen) atoms. The van der Waals surface area contributed by atoms with E-state index in [2.05, 4.69) is 28.6 Å². The first-order valence-electron chi connectivity index (χ1n) is 13.2.